The van der Waals surface area contributed by atoms with Crippen LogP contribution in [0.2, 0.25) is 0 Å². The first-order valence-corrected chi connectivity index (χ1v) is 33.5. The van der Waals surface area contributed by atoms with E-state index in [1.165, 1.54) is 122 Å². The van der Waals surface area contributed by atoms with Gasteiger partial charge in [0.25, 0.3) is 7.82 Å². The number of phosphoric ester groups is 1. The van der Waals surface area contributed by atoms with Gasteiger partial charge in [0.2, 0.25) is 5.91 Å². The molecule has 3 atom stereocenters. The van der Waals surface area contributed by atoms with Crippen LogP contribution >= 0.6 is 7.82 Å². The highest BCUT2D eigenvalue weighted by molar-refractivity contribution is 7.45. The van der Waals surface area contributed by atoms with Gasteiger partial charge in [0.15, 0.2) is 0 Å². The maximum absolute atomic E-state index is 13.6. The fraction of sp³-hybridized carbons (Fsp3) is 0.735. The normalized spacial score (nSPS) is 14.3. The molecule has 0 saturated heterocycles. The number of phosphoric acid groups is 1. The largest absolute Gasteiger partial charge is 0.756 e. The Morgan fingerprint density at radius 1 is 0.449 bits per heavy atom. The van der Waals surface area contributed by atoms with Crippen molar-refractivity contribution in [3.05, 3.63) is 97.2 Å². The van der Waals surface area contributed by atoms with E-state index >= 15 is 0 Å². The number of hydrogen-bond acceptors (Lipinski definition) is 7. The zero-order valence-electron chi connectivity index (χ0n) is 51.3. The highest BCUT2D eigenvalue weighted by Crippen LogP contribution is 2.38. The molecule has 9 nitrogen and oxygen atoms in total. The van der Waals surface area contributed by atoms with Gasteiger partial charge >= 0.3 is 5.97 Å². The number of allylic oxidation sites excluding steroid dienone is 15. The number of nitrogens with zero attached hydrogens (tertiary/aromatic N) is 1. The predicted molar refractivity (Wildman–Crippen MR) is 334 cm³/mol. The molecule has 0 spiro atoms. The summed E-state index contributed by atoms with van der Waals surface area (Å²) in [5, 5.41) is 3.02. The molecule has 0 heterocycles. The molecule has 0 aromatic heterocycles. The zero-order valence-corrected chi connectivity index (χ0v) is 52.2. The summed E-state index contributed by atoms with van der Waals surface area (Å²) in [6.45, 7) is 6.76. The summed E-state index contributed by atoms with van der Waals surface area (Å²) >= 11 is 0. The number of likely N-dealkylation sites (N-methyl/N-ethyl adjacent to an activating group) is 1. The van der Waals surface area contributed by atoms with Crippen molar-refractivity contribution in [3.8, 4) is 0 Å². The van der Waals surface area contributed by atoms with Gasteiger partial charge in [-0.1, -0.05) is 240 Å². The van der Waals surface area contributed by atoms with E-state index in [0.29, 0.717) is 23.9 Å². The Morgan fingerprint density at radius 3 is 1.19 bits per heavy atom. The minimum absolute atomic E-state index is 0.0329. The van der Waals surface area contributed by atoms with Gasteiger partial charge in [-0.15, -0.1) is 0 Å². The van der Waals surface area contributed by atoms with Crippen LogP contribution in [0.5, 0.6) is 0 Å². The highest BCUT2D eigenvalue weighted by Gasteiger charge is 2.27. The second kappa shape index (κ2) is 57.2. The zero-order chi connectivity index (χ0) is 57.2. The topological polar surface area (TPSA) is 114 Å². The van der Waals surface area contributed by atoms with Gasteiger partial charge in [-0.05, 0) is 115 Å². The molecule has 0 aliphatic rings. The van der Waals surface area contributed by atoms with Crippen molar-refractivity contribution < 1.29 is 37.3 Å². The maximum Gasteiger partial charge on any atom is 0.306 e. The van der Waals surface area contributed by atoms with E-state index < -0.39 is 26.6 Å². The fourth-order valence-electron chi connectivity index (χ4n) is 8.75. The molecule has 0 aromatic carbocycles. The summed E-state index contributed by atoms with van der Waals surface area (Å²) in [7, 11) is 1.15. The van der Waals surface area contributed by atoms with Gasteiger partial charge in [-0.3, -0.25) is 14.2 Å². The molecule has 0 saturated carbocycles. The molecule has 1 amide bonds. The van der Waals surface area contributed by atoms with E-state index in [1.807, 2.05) is 33.3 Å². The molecule has 0 rings (SSSR count). The van der Waals surface area contributed by atoms with Crippen molar-refractivity contribution in [1.82, 2.24) is 5.32 Å². The number of esters is 1. The van der Waals surface area contributed by atoms with Crippen molar-refractivity contribution in [1.29, 1.82) is 0 Å². The summed E-state index contributed by atoms with van der Waals surface area (Å²) in [5.74, 6) is -0.581. The Hall–Kier alpha value is -3.07. The van der Waals surface area contributed by atoms with Crippen LogP contribution in [0.3, 0.4) is 0 Å². The smallest absolute Gasteiger partial charge is 0.306 e. The lowest BCUT2D eigenvalue weighted by atomic mass is 10.0. The van der Waals surface area contributed by atoms with E-state index in [4.69, 9.17) is 13.8 Å². The number of carbonyl (C=O) groups is 2. The molecule has 0 aromatic rings. The van der Waals surface area contributed by atoms with Gasteiger partial charge in [-0.25, -0.2) is 0 Å². The first-order valence-electron chi connectivity index (χ1n) is 32.0. The van der Waals surface area contributed by atoms with Crippen molar-refractivity contribution >= 4 is 19.7 Å². The number of quaternary nitrogens is 1. The van der Waals surface area contributed by atoms with Gasteiger partial charge in [-0.2, -0.15) is 0 Å². The van der Waals surface area contributed by atoms with Gasteiger partial charge in [0, 0.05) is 12.8 Å². The third kappa shape index (κ3) is 57.6. The van der Waals surface area contributed by atoms with Crippen LogP contribution in [0.1, 0.15) is 271 Å². The maximum atomic E-state index is 13.6. The van der Waals surface area contributed by atoms with Crippen molar-refractivity contribution in [2.24, 2.45) is 0 Å². The number of ether oxygens (including phenoxy) is 1. The average Bonchev–Trinajstić information content (AvgIpc) is 3.40. The average molecular weight is 1110 g/mol. The first-order chi connectivity index (χ1) is 37.9. The molecular weight excluding hydrogens is 988 g/mol. The Morgan fingerprint density at radius 2 is 0.782 bits per heavy atom. The van der Waals surface area contributed by atoms with Crippen molar-refractivity contribution in [2.45, 2.75) is 283 Å². The number of amides is 1. The second-order valence-electron chi connectivity index (χ2n) is 22.6. The third-order valence-corrected chi connectivity index (χ3v) is 14.7. The molecule has 0 bridgehead atoms. The molecular formula is C68H121N2O7P. The van der Waals surface area contributed by atoms with Gasteiger partial charge in [0.1, 0.15) is 19.3 Å². The Labute approximate surface area is 481 Å². The number of nitrogens with one attached hydrogen (secondary N) is 1. The van der Waals surface area contributed by atoms with Crippen LogP contribution in [0, 0.1) is 0 Å². The molecule has 0 aliphatic heterocycles. The van der Waals surface area contributed by atoms with E-state index in [1.54, 1.807) is 0 Å². The van der Waals surface area contributed by atoms with Crippen molar-refractivity contribution in [2.75, 3.05) is 40.9 Å². The summed E-state index contributed by atoms with van der Waals surface area (Å²) in [4.78, 5) is 40.0. The molecule has 0 fully saturated rings. The Bertz CT molecular complexity index is 1660. The Kier molecular flexibility index (Phi) is 54.9. The molecule has 1 N–H and O–H groups in total. The lowest BCUT2D eigenvalue weighted by Gasteiger charge is -2.30. The molecule has 0 aliphatic carbocycles. The molecule has 78 heavy (non-hydrogen) atoms. The number of unbranched alkanes of at least 4 members (excludes halogenated alkanes) is 27. The minimum atomic E-state index is -4.71. The summed E-state index contributed by atoms with van der Waals surface area (Å²) in [6, 6.07) is -0.909. The minimum Gasteiger partial charge on any atom is -0.756 e. The number of carbonyl (C=O) groups excluding carboxylic acids is 2. The molecule has 10 heteroatoms. The fourth-order valence-corrected chi connectivity index (χ4v) is 9.47. The highest BCUT2D eigenvalue weighted by atomic mass is 31.2. The monoisotopic (exact) mass is 1110 g/mol. The van der Waals surface area contributed by atoms with Crippen LogP contribution < -0.4 is 10.2 Å². The van der Waals surface area contributed by atoms with E-state index in [-0.39, 0.29) is 24.9 Å². The first kappa shape index (κ1) is 74.9. The molecule has 450 valence electrons. The molecule has 0 radical (unpaired) electrons. The summed E-state index contributed by atoms with van der Waals surface area (Å²) in [5.41, 5.74) is 0. The van der Waals surface area contributed by atoms with Crippen LogP contribution in [-0.4, -0.2) is 69.4 Å². The van der Waals surface area contributed by atoms with Crippen LogP contribution in [-0.2, 0) is 27.9 Å². The second-order valence-corrected chi connectivity index (χ2v) is 24.0. The lowest BCUT2D eigenvalue weighted by molar-refractivity contribution is -0.870. The van der Waals surface area contributed by atoms with E-state index in [9.17, 15) is 19.0 Å². The summed E-state index contributed by atoms with van der Waals surface area (Å²) < 4.78 is 30.3. The van der Waals surface area contributed by atoms with E-state index in [0.717, 1.165) is 109 Å². The van der Waals surface area contributed by atoms with Crippen LogP contribution in [0.4, 0.5) is 0 Å². The molecule has 3 unspecified atom stereocenters. The summed E-state index contributed by atoms with van der Waals surface area (Å²) in [6.07, 6.45) is 76.5. The van der Waals surface area contributed by atoms with Gasteiger partial charge in [0.05, 0.1) is 33.8 Å². The quantitative estimate of drug-likeness (QED) is 0.0212. The lowest BCUT2D eigenvalue weighted by Crippen LogP contribution is -2.47. The Balaban J connectivity index is 5.27. The van der Waals surface area contributed by atoms with Crippen LogP contribution in [0.25, 0.3) is 0 Å². The van der Waals surface area contributed by atoms with Crippen LogP contribution in [0.15, 0.2) is 97.2 Å². The standard InChI is InChI=1S/C68H121N2O7P/c1-7-10-13-16-19-22-25-28-30-32-33-34-35-36-37-39-40-42-45-48-51-54-57-60-67(71)69-65(64-76-78(73,74)75-63-62-70(4,5)6)66(59-56-53-50-47-44-27-24-21-18-15-12-9-3)77-68(72)61-58-55-52-49-46-43-41-38-31-29-26-23-20-17-14-11-8-2/h19-20,22-23,28-31,33-34,36-37,41,43,56,59,65-66H,7-18,21,24-27,32,35,38-40,42,44-55,57-58,60-64H2,1-6H3,(H-,69,71,73,74)/b22-19-,23-20-,30-28-,31-29-,34-33-,37-36-,43-41-,59-56-. The number of rotatable bonds is 57. The van der Waals surface area contributed by atoms with Crippen molar-refractivity contribution in [3.63, 3.8) is 0 Å². The third-order valence-electron chi connectivity index (χ3n) is 13.7. The van der Waals surface area contributed by atoms with Gasteiger partial charge < -0.3 is 28.5 Å². The SMILES string of the molecule is CCCCC/C=C\C/C=C\C/C=C\C/C=C\CCCCCCCCCC(=O)NC(COP(=O)([O-])OCC[N+](C)(C)C)C(/C=C\CCCCCCCCCCCC)OC(=O)CCCCCC/C=C\C/C=C\C/C=C\CCCCC. The predicted octanol–water partition coefficient (Wildman–Crippen LogP) is 19.3. The number of hydrogen-bond donors (Lipinski definition) is 1. The van der Waals surface area contributed by atoms with E-state index in [2.05, 4.69) is 111 Å².